The number of hydrogen-bond acceptors (Lipinski definition) is 6. The summed E-state index contributed by atoms with van der Waals surface area (Å²) in [6.07, 6.45) is 11.2. The Labute approximate surface area is 238 Å². The third kappa shape index (κ3) is 6.33. The Morgan fingerprint density at radius 1 is 1.05 bits per heavy atom. The molecule has 3 heterocycles. The quantitative estimate of drug-likeness (QED) is 0.378. The molecule has 1 saturated carbocycles. The molecule has 1 aromatic heterocycles. The third-order valence-electron chi connectivity index (χ3n) is 9.11. The summed E-state index contributed by atoms with van der Waals surface area (Å²) in [6.45, 7) is 6.60. The minimum atomic E-state index is 0.176. The van der Waals surface area contributed by atoms with Gasteiger partial charge in [-0.3, -0.25) is 4.98 Å². The minimum absolute atomic E-state index is 0.176. The van der Waals surface area contributed by atoms with Gasteiger partial charge in [0.1, 0.15) is 6.07 Å². The second-order valence-electron chi connectivity index (χ2n) is 12.1. The molecule has 3 aromatic rings. The Balaban J connectivity index is 1.07. The van der Waals surface area contributed by atoms with Crippen LogP contribution in [0, 0.1) is 23.2 Å². The van der Waals surface area contributed by atoms with Gasteiger partial charge in [-0.1, -0.05) is 49.9 Å². The van der Waals surface area contributed by atoms with E-state index in [9.17, 15) is 5.26 Å². The highest BCUT2D eigenvalue weighted by Gasteiger charge is 2.30. The molecule has 0 spiro atoms. The van der Waals surface area contributed by atoms with E-state index in [0.717, 1.165) is 61.9 Å². The Bertz CT molecular complexity index is 1330. The van der Waals surface area contributed by atoms with Gasteiger partial charge >= 0.3 is 0 Å². The molecule has 3 aliphatic rings. The maximum absolute atomic E-state index is 9.56. The van der Waals surface area contributed by atoms with Crippen LogP contribution < -0.4 is 10.2 Å². The summed E-state index contributed by atoms with van der Waals surface area (Å²) in [7, 11) is 0. The molecule has 0 amide bonds. The predicted molar refractivity (Wildman–Crippen MR) is 159 cm³/mol. The van der Waals surface area contributed by atoms with Gasteiger partial charge in [-0.25, -0.2) is 0 Å². The van der Waals surface area contributed by atoms with Crippen molar-refractivity contribution >= 4 is 16.6 Å². The zero-order valence-corrected chi connectivity index (χ0v) is 23.7. The maximum Gasteiger partial charge on any atom is 0.101 e. The predicted octanol–water partition coefficient (Wildman–Crippen LogP) is 6.19. The van der Waals surface area contributed by atoms with Gasteiger partial charge in [0.25, 0.3) is 0 Å². The van der Waals surface area contributed by atoms with Gasteiger partial charge in [0.2, 0.25) is 0 Å². The van der Waals surface area contributed by atoms with E-state index in [0.29, 0.717) is 5.56 Å². The van der Waals surface area contributed by atoms with E-state index < -0.39 is 0 Å². The van der Waals surface area contributed by atoms with Crippen molar-refractivity contribution in [2.75, 3.05) is 37.7 Å². The van der Waals surface area contributed by atoms with E-state index in [2.05, 4.69) is 64.6 Å². The lowest BCUT2D eigenvalue weighted by atomic mass is 9.89. The molecular formula is C34H42N4O2. The number of morpholine rings is 2. The standard InChI is InChI=1S/C34H42N4O2/c1-24-22-38(32-13-12-29(20-35)34-31(32)9-4-14-37-34)23-30(40-24)19-26-6-2-5-25(10-11-26)17-27-7-3-8-28(18-27)33-21-36-15-16-39-33/h3-4,7-9,12-14,18,24-26,30,33,36H,2,5-6,10-11,15-17,19,21-23H2,1H3/t24-,25?,26?,30+,33?/m1/s1. The van der Waals surface area contributed by atoms with E-state index >= 15 is 0 Å². The number of aromatic nitrogens is 1. The molecule has 6 heteroatoms. The zero-order chi connectivity index (χ0) is 27.3. The van der Waals surface area contributed by atoms with Crippen LogP contribution in [-0.4, -0.2) is 50.0 Å². The lowest BCUT2D eigenvalue weighted by Crippen LogP contribution is -2.47. The number of benzene rings is 2. The molecule has 1 N–H and O–H groups in total. The zero-order valence-electron chi connectivity index (χ0n) is 23.7. The van der Waals surface area contributed by atoms with Crippen molar-refractivity contribution in [3.63, 3.8) is 0 Å². The second-order valence-corrected chi connectivity index (χ2v) is 12.1. The van der Waals surface area contributed by atoms with Crippen LogP contribution in [-0.2, 0) is 15.9 Å². The average Bonchev–Trinajstić information content (AvgIpc) is 3.21. The number of ether oxygens (including phenoxy) is 2. The van der Waals surface area contributed by atoms with Crippen molar-refractivity contribution in [2.24, 2.45) is 11.8 Å². The van der Waals surface area contributed by atoms with Gasteiger partial charge in [-0.05, 0) is 73.4 Å². The minimum Gasteiger partial charge on any atom is -0.372 e. The number of hydrogen-bond donors (Lipinski definition) is 1. The number of nitrogens with one attached hydrogen (secondary N) is 1. The highest BCUT2D eigenvalue weighted by Crippen LogP contribution is 2.35. The Morgan fingerprint density at radius 3 is 2.83 bits per heavy atom. The van der Waals surface area contributed by atoms with E-state index in [-0.39, 0.29) is 18.3 Å². The lowest BCUT2D eigenvalue weighted by Gasteiger charge is -2.40. The maximum atomic E-state index is 9.56. The fourth-order valence-corrected chi connectivity index (χ4v) is 7.20. The summed E-state index contributed by atoms with van der Waals surface area (Å²) in [5, 5.41) is 14.1. The van der Waals surface area contributed by atoms with Crippen LogP contribution in [0.25, 0.3) is 10.9 Å². The number of anilines is 1. The Kier molecular flexibility index (Phi) is 8.62. The number of nitriles is 1. The molecule has 3 fully saturated rings. The molecule has 0 bridgehead atoms. The first kappa shape index (κ1) is 27.2. The highest BCUT2D eigenvalue weighted by molar-refractivity contribution is 5.95. The molecule has 2 aliphatic heterocycles. The number of rotatable bonds is 6. The molecule has 6 nitrogen and oxygen atoms in total. The van der Waals surface area contributed by atoms with Crippen molar-refractivity contribution in [3.05, 3.63) is 71.4 Å². The van der Waals surface area contributed by atoms with Gasteiger partial charge in [-0.15, -0.1) is 0 Å². The van der Waals surface area contributed by atoms with Crippen LogP contribution in [0.1, 0.15) is 68.2 Å². The largest absolute Gasteiger partial charge is 0.372 e. The first-order chi connectivity index (χ1) is 19.7. The highest BCUT2D eigenvalue weighted by atomic mass is 16.5. The molecular weight excluding hydrogens is 496 g/mol. The summed E-state index contributed by atoms with van der Waals surface area (Å²) in [5.74, 6) is 1.47. The van der Waals surface area contributed by atoms with Crippen LogP contribution >= 0.6 is 0 Å². The monoisotopic (exact) mass is 538 g/mol. The van der Waals surface area contributed by atoms with Gasteiger partial charge in [0, 0.05) is 43.4 Å². The molecule has 6 rings (SSSR count). The van der Waals surface area contributed by atoms with Crippen LogP contribution in [0.15, 0.2) is 54.7 Å². The van der Waals surface area contributed by atoms with Crippen LogP contribution in [0.4, 0.5) is 5.69 Å². The van der Waals surface area contributed by atoms with Gasteiger partial charge < -0.3 is 19.7 Å². The number of fused-ring (bicyclic) bond motifs is 1. The molecule has 40 heavy (non-hydrogen) atoms. The molecule has 1 aliphatic carbocycles. The lowest BCUT2D eigenvalue weighted by molar-refractivity contribution is -0.0284. The Hall–Kier alpha value is -2.98. The average molecular weight is 539 g/mol. The summed E-state index contributed by atoms with van der Waals surface area (Å²) in [6, 6.07) is 19.5. The smallest absolute Gasteiger partial charge is 0.101 e. The first-order valence-corrected chi connectivity index (χ1v) is 15.3. The molecule has 210 valence electrons. The summed E-state index contributed by atoms with van der Waals surface area (Å²) in [4.78, 5) is 6.99. The van der Waals surface area contributed by atoms with Gasteiger partial charge in [-0.2, -0.15) is 5.26 Å². The molecule has 3 unspecified atom stereocenters. The van der Waals surface area contributed by atoms with Crippen LogP contribution in [0.5, 0.6) is 0 Å². The third-order valence-corrected chi connectivity index (χ3v) is 9.11. The first-order valence-electron chi connectivity index (χ1n) is 15.3. The van der Waals surface area contributed by atoms with Crippen molar-refractivity contribution < 1.29 is 9.47 Å². The molecule has 2 aromatic carbocycles. The van der Waals surface area contributed by atoms with E-state index in [1.54, 1.807) is 6.20 Å². The SMILES string of the molecule is C[C@@H]1CN(c2ccc(C#N)c3ncccc23)C[C@H](CC2CCCC(Cc3cccc(C4CNCCO4)c3)CC2)O1. The van der Waals surface area contributed by atoms with Crippen molar-refractivity contribution in [1.82, 2.24) is 10.3 Å². The van der Waals surface area contributed by atoms with Crippen LogP contribution in [0.3, 0.4) is 0 Å². The van der Waals surface area contributed by atoms with Crippen LogP contribution in [0.2, 0.25) is 0 Å². The second kappa shape index (κ2) is 12.7. The molecule has 2 saturated heterocycles. The van der Waals surface area contributed by atoms with Gasteiger partial charge in [0.15, 0.2) is 0 Å². The topological polar surface area (TPSA) is 70.4 Å². The normalized spacial score (nSPS) is 27.7. The molecule has 5 atom stereocenters. The summed E-state index contributed by atoms with van der Waals surface area (Å²) >= 11 is 0. The number of pyridine rings is 1. The van der Waals surface area contributed by atoms with Gasteiger partial charge in [0.05, 0.1) is 36.0 Å². The fourth-order valence-electron chi connectivity index (χ4n) is 7.20. The van der Waals surface area contributed by atoms with Crippen molar-refractivity contribution in [3.8, 4) is 6.07 Å². The molecule has 0 radical (unpaired) electrons. The van der Waals surface area contributed by atoms with Crippen molar-refractivity contribution in [1.29, 1.82) is 5.26 Å². The fraction of sp³-hybridized carbons (Fsp3) is 0.529. The van der Waals surface area contributed by atoms with E-state index in [1.807, 2.05) is 12.1 Å². The Morgan fingerprint density at radius 2 is 1.95 bits per heavy atom. The number of nitrogens with zero attached hydrogens (tertiary/aromatic N) is 3. The summed E-state index contributed by atoms with van der Waals surface area (Å²) in [5.41, 5.74) is 5.37. The van der Waals surface area contributed by atoms with E-state index in [1.165, 1.54) is 55.3 Å². The van der Waals surface area contributed by atoms with Crippen molar-refractivity contribution in [2.45, 2.75) is 70.2 Å². The van der Waals surface area contributed by atoms with E-state index in [4.69, 9.17) is 9.47 Å². The summed E-state index contributed by atoms with van der Waals surface area (Å²) < 4.78 is 12.5.